The molecule has 2 aromatic heterocycles. The molecular formula is C15H20ClN5. The van der Waals surface area contributed by atoms with E-state index >= 15 is 0 Å². The first-order valence-electron chi connectivity index (χ1n) is 7.41. The summed E-state index contributed by atoms with van der Waals surface area (Å²) in [6.45, 7) is 5.30. The topological polar surface area (TPSA) is 69.6 Å². The van der Waals surface area contributed by atoms with Gasteiger partial charge >= 0.3 is 0 Å². The largest absolute Gasteiger partial charge is 0.368 e. The molecule has 0 aromatic carbocycles. The van der Waals surface area contributed by atoms with Gasteiger partial charge in [-0.2, -0.15) is 9.97 Å². The predicted octanol–water partition coefficient (Wildman–Crippen LogP) is 3.59. The van der Waals surface area contributed by atoms with Crippen LogP contribution in [-0.2, 0) is 6.54 Å². The summed E-state index contributed by atoms with van der Waals surface area (Å²) < 4.78 is 2.05. The number of nitrogens with two attached hydrogens (primary N) is 1. The highest BCUT2D eigenvalue weighted by Gasteiger charge is 2.41. The predicted molar refractivity (Wildman–Crippen MR) is 85.1 cm³/mol. The summed E-state index contributed by atoms with van der Waals surface area (Å²) in [6.07, 6.45) is 8.89. The van der Waals surface area contributed by atoms with Gasteiger partial charge in [0.2, 0.25) is 5.95 Å². The monoisotopic (exact) mass is 305 g/mol. The summed E-state index contributed by atoms with van der Waals surface area (Å²) in [5, 5.41) is 0.319. The van der Waals surface area contributed by atoms with E-state index in [1.54, 1.807) is 6.33 Å². The molecule has 1 aliphatic rings. The second-order valence-corrected chi connectivity index (χ2v) is 6.15. The molecule has 1 saturated carbocycles. The van der Waals surface area contributed by atoms with Gasteiger partial charge < -0.3 is 10.3 Å². The fourth-order valence-electron chi connectivity index (χ4n) is 2.78. The molecule has 21 heavy (non-hydrogen) atoms. The van der Waals surface area contributed by atoms with Crippen LogP contribution in [0.2, 0.25) is 5.15 Å². The smallest absolute Gasteiger partial charge is 0.223 e. The molecule has 3 rings (SSSR count). The quantitative estimate of drug-likeness (QED) is 0.677. The Morgan fingerprint density at radius 3 is 2.71 bits per heavy atom. The molecule has 0 amide bonds. The van der Waals surface area contributed by atoms with Gasteiger partial charge in [0.1, 0.15) is 5.52 Å². The molecule has 0 atom stereocenters. The fourth-order valence-corrected chi connectivity index (χ4v) is 3.00. The summed E-state index contributed by atoms with van der Waals surface area (Å²) in [4.78, 5) is 12.6. The third kappa shape index (κ3) is 2.75. The van der Waals surface area contributed by atoms with Gasteiger partial charge in [-0.25, -0.2) is 4.98 Å². The highest BCUT2D eigenvalue weighted by atomic mass is 35.5. The second kappa shape index (κ2) is 5.30. The minimum Gasteiger partial charge on any atom is -0.368 e. The number of aromatic nitrogens is 4. The Kier molecular flexibility index (Phi) is 3.61. The van der Waals surface area contributed by atoms with Crippen LogP contribution in [0.25, 0.3) is 11.2 Å². The summed E-state index contributed by atoms with van der Waals surface area (Å²) in [5.74, 6) is 0.192. The van der Waals surface area contributed by atoms with E-state index in [0.717, 1.165) is 25.0 Å². The zero-order valence-corrected chi connectivity index (χ0v) is 13.2. The van der Waals surface area contributed by atoms with Crippen LogP contribution < -0.4 is 5.73 Å². The van der Waals surface area contributed by atoms with Crippen molar-refractivity contribution in [2.24, 2.45) is 5.41 Å². The van der Waals surface area contributed by atoms with Crippen molar-refractivity contribution in [3.05, 3.63) is 23.1 Å². The van der Waals surface area contributed by atoms with Crippen LogP contribution in [0, 0.1) is 5.41 Å². The normalized spacial score (nSPS) is 16.1. The molecule has 0 aliphatic heterocycles. The van der Waals surface area contributed by atoms with Gasteiger partial charge in [0.05, 0.1) is 6.33 Å². The van der Waals surface area contributed by atoms with Crippen molar-refractivity contribution in [3.8, 4) is 0 Å². The number of nitrogen functional groups attached to an aromatic ring is 1. The molecular weight excluding hydrogens is 286 g/mol. The van der Waals surface area contributed by atoms with Crippen LogP contribution in [0.5, 0.6) is 0 Å². The maximum absolute atomic E-state index is 6.07. The second-order valence-electron chi connectivity index (χ2n) is 5.79. The van der Waals surface area contributed by atoms with E-state index in [1.807, 2.05) is 4.57 Å². The first kappa shape index (κ1) is 14.3. The van der Waals surface area contributed by atoms with Crippen molar-refractivity contribution in [1.82, 2.24) is 19.5 Å². The molecule has 0 bridgehead atoms. The fraction of sp³-hybridized carbons (Fsp3) is 0.533. The Balaban J connectivity index is 1.94. The van der Waals surface area contributed by atoms with Crippen molar-refractivity contribution in [1.29, 1.82) is 0 Å². The van der Waals surface area contributed by atoms with Gasteiger partial charge in [-0.05, 0) is 25.7 Å². The maximum atomic E-state index is 6.07. The van der Waals surface area contributed by atoms with Gasteiger partial charge in [0, 0.05) is 12.0 Å². The number of anilines is 1. The van der Waals surface area contributed by atoms with E-state index in [4.69, 9.17) is 17.3 Å². The number of fused-ring (bicyclic) bond motifs is 1. The van der Waals surface area contributed by atoms with Crippen molar-refractivity contribution in [2.45, 2.75) is 46.1 Å². The van der Waals surface area contributed by atoms with Gasteiger partial charge in [-0.1, -0.05) is 37.1 Å². The zero-order chi connectivity index (χ0) is 15.0. The Bertz CT molecular complexity index is 693. The molecule has 1 fully saturated rings. The third-order valence-electron chi connectivity index (χ3n) is 4.23. The Morgan fingerprint density at radius 1 is 1.38 bits per heavy atom. The standard InChI is InChI=1S/C15H20ClN5/c1-3-10(4-2)7-15(5-6-15)8-21-9-18-11-12(16)19-14(17)20-13(11)21/h7,9H,3-6,8H2,1-2H3,(H2,17,19,20). The van der Waals surface area contributed by atoms with E-state index in [-0.39, 0.29) is 11.4 Å². The molecule has 2 heterocycles. The lowest BCUT2D eigenvalue weighted by atomic mass is 10.00. The van der Waals surface area contributed by atoms with Crippen molar-refractivity contribution < 1.29 is 0 Å². The number of imidazole rings is 1. The van der Waals surface area contributed by atoms with Gasteiger partial charge in [-0.3, -0.25) is 0 Å². The molecule has 0 unspecified atom stereocenters. The molecule has 2 aromatic rings. The number of halogens is 1. The van der Waals surface area contributed by atoms with E-state index in [2.05, 4.69) is 34.9 Å². The number of hydrogen-bond donors (Lipinski definition) is 1. The SMILES string of the molecule is CCC(=CC1(Cn2cnc3c(Cl)nc(N)nc32)CC1)CC. The highest BCUT2D eigenvalue weighted by molar-refractivity contribution is 6.33. The summed E-state index contributed by atoms with van der Waals surface area (Å²) >= 11 is 6.07. The molecule has 1 aliphatic carbocycles. The van der Waals surface area contributed by atoms with Gasteiger partial charge in [-0.15, -0.1) is 0 Å². The van der Waals surface area contributed by atoms with Crippen LogP contribution in [0.4, 0.5) is 5.95 Å². The Labute approximate surface area is 129 Å². The van der Waals surface area contributed by atoms with Crippen molar-refractivity contribution in [2.75, 3.05) is 5.73 Å². The minimum absolute atomic E-state index is 0.192. The molecule has 0 spiro atoms. The highest BCUT2D eigenvalue weighted by Crippen LogP contribution is 2.50. The summed E-state index contributed by atoms with van der Waals surface area (Å²) in [5.41, 5.74) is 8.81. The molecule has 112 valence electrons. The van der Waals surface area contributed by atoms with Crippen molar-refractivity contribution >= 4 is 28.7 Å². The lowest BCUT2D eigenvalue weighted by Gasteiger charge is -2.14. The van der Waals surface area contributed by atoms with Crippen LogP contribution in [0.3, 0.4) is 0 Å². The lowest BCUT2D eigenvalue weighted by Crippen LogP contribution is -2.10. The first-order chi connectivity index (χ1) is 10.1. The average molecular weight is 306 g/mol. The Hall–Kier alpha value is -1.62. The molecule has 5 nitrogen and oxygen atoms in total. The minimum atomic E-state index is 0.192. The molecule has 6 heteroatoms. The van der Waals surface area contributed by atoms with Crippen molar-refractivity contribution in [3.63, 3.8) is 0 Å². The van der Waals surface area contributed by atoms with Gasteiger partial charge in [0.25, 0.3) is 0 Å². The third-order valence-corrected chi connectivity index (χ3v) is 4.50. The van der Waals surface area contributed by atoms with Crippen LogP contribution in [0.1, 0.15) is 39.5 Å². The maximum Gasteiger partial charge on any atom is 0.223 e. The van der Waals surface area contributed by atoms with E-state index in [1.165, 1.54) is 18.4 Å². The summed E-state index contributed by atoms with van der Waals surface area (Å²) in [6, 6.07) is 0. The van der Waals surface area contributed by atoms with Gasteiger partial charge in [0.15, 0.2) is 10.8 Å². The van der Waals surface area contributed by atoms with Crippen LogP contribution >= 0.6 is 11.6 Å². The lowest BCUT2D eigenvalue weighted by molar-refractivity contribution is 0.519. The number of nitrogens with zero attached hydrogens (tertiary/aromatic N) is 4. The summed E-state index contributed by atoms with van der Waals surface area (Å²) in [7, 11) is 0. The van der Waals surface area contributed by atoms with E-state index in [0.29, 0.717) is 10.7 Å². The average Bonchev–Trinajstić information content (AvgIpc) is 3.10. The molecule has 0 radical (unpaired) electrons. The Morgan fingerprint density at radius 2 is 2.10 bits per heavy atom. The number of allylic oxidation sites excluding steroid dienone is 2. The van der Waals surface area contributed by atoms with E-state index < -0.39 is 0 Å². The van der Waals surface area contributed by atoms with Crippen LogP contribution in [-0.4, -0.2) is 19.5 Å². The number of rotatable bonds is 5. The van der Waals surface area contributed by atoms with E-state index in [9.17, 15) is 0 Å². The zero-order valence-electron chi connectivity index (χ0n) is 12.4. The molecule has 2 N–H and O–H groups in total. The first-order valence-corrected chi connectivity index (χ1v) is 7.79. The number of hydrogen-bond acceptors (Lipinski definition) is 4. The molecule has 0 saturated heterocycles. The van der Waals surface area contributed by atoms with Crippen LogP contribution in [0.15, 0.2) is 18.0 Å².